The van der Waals surface area contributed by atoms with Gasteiger partial charge in [-0.1, -0.05) is 19.4 Å². The van der Waals surface area contributed by atoms with Gasteiger partial charge in [0, 0.05) is 5.92 Å². The van der Waals surface area contributed by atoms with E-state index in [9.17, 15) is 9.90 Å². The molecule has 0 amide bonds. The zero-order valence-electron chi connectivity index (χ0n) is 13.3. The number of ketones is 1. The first-order valence-corrected chi connectivity index (χ1v) is 8.93. The van der Waals surface area contributed by atoms with Gasteiger partial charge >= 0.3 is 0 Å². The molecule has 2 nitrogen and oxygen atoms in total. The quantitative estimate of drug-likeness (QED) is 0.737. The number of hydrogen-bond acceptors (Lipinski definition) is 2. The first-order chi connectivity index (χ1) is 10.0. The van der Waals surface area contributed by atoms with E-state index in [4.69, 9.17) is 0 Å². The minimum Gasteiger partial charge on any atom is -0.393 e. The zero-order valence-corrected chi connectivity index (χ0v) is 13.3. The number of aliphatic hydroxyl groups excluding tert-OH is 1. The van der Waals surface area contributed by atoms with Gasteiger partial charge in [0.05, 0.1) is 6.10 Å². The summed E-state index contributed by atoms with van der Waals surface area (Å²) in [5.41, 5.74) is 1.64. The van der Waals surface area contributed by atoms with Gasteiger partial charge in [-0.15, -0.1) is 0 Å². The van der Waals surface area contributed by atoms with Crippen LogP contribution in [0.4, 0.5) is 0 Å². The van der Waals surface area contributed by atoms with Gasteiger partial charge in [0.15, 0.2) is 5.78 Å². The van der Waals surface area contributed by atoms with Gasteiger partial charge in [-0.25, -0.2) is 0 Å². The molecule has 0 saturated heterocycles. The molecule has 0 radical (unpaired) electrons. The Morgan fingerprint density at radius 3 is 2.81 bits per heavy atom. The van der Waals surface area contributed by atoms with Gasteiger partial charge in [0.1, 0.15) is 0 Å². The third-order valence-corrected chi connectivity index (χ3v) is 7.62. The Morgan fingerprint density at radius 2 is 2.00 bits per heavy atom. The molecule has 3 fully saturated rings. The lowest BCUT2D eigenvalue weighted by atomic mass is 9.51. The van der Waals surface area contributed by atoms with E-state index in [2.05, 4.69) is 13.8 Å². The highest BCUT2D eigenvalue weighted by Crippen LogP contribution is 2.61. The standard InChI is InChI=1S/C19H28O2/c1-11-9-15-12(10-17(11)20)3-4-14-13(15)7-8-19(2)16(14)5-6-18(19)21/h10-11,13-16,18,21H,3-9H2,1-2H3/t11?,13-,14+,15-,16-,18-,19-/m0/s1. The van der Waals surface area contributed by atoms with Crippen molar-refractivity contribution in [2.75, 3.05) is 0 Å². The monoisotopic (exact) mass is 288 g/mol. The number of allylic oxidation sites excluding steroid dienone is 1. The summed E-state index contributed by atoms with van der Waals surface area (Å²) in [5, 5.41) is 10.4. The van der Waals surface area contributed by atoms with E-state index in [1.165, 1.54) is 31.3 Å². The number of fused-ring (bicyclic) bond motifs is 5. The van der Waals surface area contributed by atoms with Gasteiger partial charge in [0.2, 0.25) is 0 Å². The van der Waals surface area contributed by atoms with Crippen molar-refractivity contribution in [1.82, 2.24) is 0 Å². The Kier molecular flexibility index (Phi) is 3.12. The molecule has 0 bridgehead atoms. The molecule has 4 rings (SSSR count). The van der Waals surface area contributed by atoms with E-state index in [0.29, 0.717) is 11.7 Å². The molecule has 0 aliphatic heterocycles. The van der Waals surface area contributed by atoms with Gasteiger partial charge < -0.3 is 5.11 Å². The SMILES string of the molecule is CC1C[C@H]2C(=CC1=O)CC[C@@H]1[C@@H]2CC[C@]2(C)[C@@H](O)CC[C@@H]12. The van der Waals surface area contributed by atoms with Crippen molar-refractivity contribution in [3.63, 3.8) is 0 Å². The van der Waals surface area contributed by atoms with Crippen molar-refractivity contribution >= 4 is 5.78 Å². The first kappa shape index (κ1) is 14.0. The zero-order chi connectivity index (χ0) is 14.8. The number of hydrogen-bond donors (Lipinski definition) is 1. The number of aliphatic hydroxyl groups is 1. The minimum absolute atomic E-state index is 0.0766. The van der Waals surface area contributed by atoms with Crippen LogP contribution in [0.3, 0.4) is 0 Å². The maximum absolute atomic E-state index is 12.0. The Bertz CT molecular complexity index is 494. The maximum atomic E-state index is 12.0. The second-order valence-electron chi connectivity index (χ2n) is 8.48. The van der Waals surface area contributed by atoms with Gasteiger partial charge in [-0.3, -0.25) is 4.79 Å². The number of carbonyl (C=O) groups is 1. The minimum atomic E-state index is -0.0766. The van der Waals surface area contributed by atoms with E-state index in [0.717, 1.165) is 37.0 Å². The van der Waals surface area contributed by atoms with Crippen LogP contribution in [0.2, 0.25) is 0 Å². The van der Waals surface area contributed by atoms with Gasteiger partial charge in [0.25, 0.3) is 0 Å². The Morgan fingerprint density at radius 1 is 1.19 bits per heavy atom. The van der Waals surface area contributed by atoms with Crippen LogP contribution in [0, 0.1) is 35.0 Å². The third-order valence-electron chi connectivity index (χ3n) is 7.62. The summed E-state index contributed by atoms with van der Waals surface area (Å²) in [6.07, 6.45) is 10.1. The Hall–Kier alpha value is -0.630. The van der Waals surface area contributed by atoms with Crippen molar-refractivity contribution in [3.8, 4) is 0 Å². The highest BCUT2D eigenvalue weighted by Gasteiger charge is 2.56. The van der Waals surface area contributed by atoms with Crippen molar-refractivity contribution in [2.24, 2.45) is 35.0 Å². The van der Waals surface area contributed by atoms with Crippen molar-refractivity contribution < 1.29 is 9.90 Å². The second-order valence-corrected chi connectivity index (χ2v) is 8.48. The molecule has 4 aliphatic rings. The van der Waals surface area contributed by atoms with Crippen LogP contribution >= 0.6 is 0 Å². The highest BCUT2D eigenvalue weighted by molar-refractivity contribution is 5.93. The lowest BCUT2D eigenvalue weighted by Crippen LogP contribution is -2.48. The predicted octanol–water partition coefficient (Wildman–Crippen LogP) is 3.74. The fraction of sp³-hybridized carbons (Fsp3) is 0.842. The van der Waals surface area contributed by atoms with E-state index >= 15 is 0 Å². The van der Waals surface area contributed by atoms with Crippen LogP contribution in [0.5, 0.6) is 0 Å². The van der Waals surface area contributed by atoms with E-state index < -0.39 is 0 Å². The van der Waals surface area contributed by atoms with E-state index in [1.807, 2.05) is 6.08 Å². The summed E-state index contributed by atoms with van der Waals surface area (Å²) in [6, 6.07) is 0. The molecule has 3 saturated carbocycles. The largest absolute Gasteiger partial charge is 0.393 e. The fourth-order valence-electron chi connectivity index (χ4n) is 6.33. The van der Waals surface area contributed by atoms with Crippen LogP contribution in [0.1, 0.15) is 58.8 Å². The van der Waals surface area contributed by atoms with Crippen molar-refractivity contribution in [1.29, 1.82) is 0 Å². The molecule has 0 aromatic carbocycles. The van der Waals surface area contributed by atoms with Crippen LogP contribution in [-0.2, 0) is 4.79 Å². The molecule has 0 spiro atoms. The average molecular weight is 288 g/mol. The molecule has 4 aliphatic carbocycles. The van der Waals surface area contributed by atoms with Gasteiger partial charge in [-0.05, 0) is 80.1 Å². The molecule has 1 N–H and O–H groups in total. The molecule has 7 atom stereocenters. The topological polar surface area (TPSA) is 37.3 Å². The molecular weight excluding hydrogens is 260 g/mol. The Labute approximate surface area is 128 Å². The van der Waals surface area contributed by atoms with Crippen LogP contribution < -0.4 is 0 Å². The molecule has 0 aromatic heterocycles. The predicted molar refractivity (Wildman–Crippen MR) is 82.6 cm³/mol. The molecule has 2 heteroatoms. The molecule has 116 valence electrons. The van der Waals surface area contributed by atoms with Crippen molar-refractivity contribution in [2.45, 2.75) is 64.9 Å². The van der Waals surface area contributed by atoms with E-state index in [1.54, 1.807) is 0 Å². The lowest BCUT2D eigenvalue weighted by Gasteiger charge is -2.53. The second kappa shape index (κ2) is 4.68. The molecule has 1 unspecified atom stereocenters. The molecule has 0 heterocycles. The third kappa shape index (κ3) is 1.91. The first-order valence-electron chi connectivity index (χ1n) is 8.93. The summed E-state index contributed by atoms with van der Waals surface area (Å²) >= 11 is 0. The lowest BCUT2D eigenvalue weighted by molar-refractivity contribution is -0.119. The van der Waals surface area contributed by atoms with Crippen LogP contribution in [0.25, 0.3) is 0 Å². The maximum Gasteiger partial charge on any atom is 0.158 e. The Balaban J connectivity index is 1.63. The summed E-state index contributed by atoms with van der Waals surface area (Å²) in [4.78, 5) is 12.0. The molecular formula is C19H28O2. The summed E-state index contributed by atoms with van der Waals surface area (Å²) in [7, 11) is 0. The number of rotatable bonds is 0. The molecule has 21 heavy (non-hydrogen) atoms. The van der Waals surface area contributed by atoms with Gasteiger partial charge in [-0.2, -0.15) is 0 Å². The highest BCUT2D eigenvalue weighted by atomic mass is 16.3. The summed E-state index contributed by atoms with van der Waals surface area (Å²) in [6.45, 7) is 4.44. The number of carbonyl (C=O) groups excluding carboxylic acids is 1. The summed E-state index contributed by atoms with van der Waals surface area (Å²) in [5.74, 6) is 3.54. The van der Waals surface area contributed by atoms with Crippen molar-refractivity contribution in [3.05, 3.63) is 11.6 Å². The van der Waals surface area contributed by atoms with Crippen LogP contribution in [-0.4, -0.2) is 17.0 Å². The summed E-state index contributed by atoms with van der Waals surface area (Å²) < 4.78 is 0. The van der Waals surface area contributed by atoms with E-state index in [-0.39, 0.29) is 17.4 Å². The molecule has 0 aromatic rings. The average Bonchev–Trinajstić information content (AvgIpc) is 2.76. The normalized spacial score (nSPS) is 52.7. The smallest absolute Gasteiger partial charge is 0.158 e. The van der Waals surface area contributed by atoms with Crippen LogP contribution in [0.15, 0.2) is 11.6 Å². The fourth-order valence-corrected chi connectivity index (χ4v) is 6.33.